The van der Waals surface area contributed by atoms with Crippen LogP contribution in [0.3, 0.4) is 0 Å². The molecule has 0 bridgehead atoms. The molecule has 0 fully saturated rings. The van der Waals surface area contributed by atoms with Crippen molar-refractivity contribution in [2.75, 3.05) is 6.26 Å². The molecule has 0 aliphatic heterocycles. The lowest BCUT2D eigenvalue weighted by molar-refractivity contribution is 0.378. The molecule has 316 valence electrons. The predicted octanol–water partition coefficient (Wildman–Crippen LogP) is 9.34. The topological polar surface area (TPSA) is 0 Å². The van der Waals surface area contributed by atoms with Gasteiger partial charge in [0.25, 0.3) is 0 Å². The summed E-state index contributed by atoms with van der Waals surface area (Å²) in [5, 5.41) is 0. The van der Waals surface area contributed by atoms with E-state index in [4.69, 9.17) is 0 Å². The number of rotatable bonds is 7. The zero-order valence-corrected chi connectivity index (χ0v) is 29.8. The van der Waals surface area contributed by atoms with Crippen molar-refractivity contribution in [3.8, 4) is 0 Å². The molecule has 0 N–H and O–H groups in total. The Hall–Kier alpha value is -5.67. The maximum Gasteiger partial charge on any atom is 0.200 e. The standard InChI is InChI=1S/C24BF20.C14H15S/c26-5-1(6(27)14(35)21(42)13(5)34)25(2-7(28)15(36)22(43)16(37)8(2)29,3-9(30)17(38)23(44)18(39)10(3)31)4-11(32)19(40)24(45)20(41)12(4)33;1-15(14-10-6-3-7-11-14)12-13-8-4-2-5-9-13/h;2-11H,12H2,1H3/q-1;+1. The molecule has 0 saturated carbocycles. The van der Waals surface area contributed by atoms with Crippen LogP contribution in [0.5, 0.6) is 0 Å². The highest BCUT2D eigenvalue weighted by Gasteiger charge is 2.52. The van der Waals surface area contributed by atoms with Crippen LogP contribution in [0.4, 0.5) is 87.8 Å². The van der Waals surface area contributed by atoms with Crippen LogP contribution in [0.2, 0.25) is 0 Å². The minimum Gasteiger partial charge on any atom is -0.207 e. The fourth-order valence-corrected chi connectivity index (χ4v) is 7.92. The molecule has 0 nitrogen and oxygen atoms in total. The summed E-state index contributed by atoms with van der Waals surface area (Å²) in [5.74, 6) is -70.3. The fraction of sp³-hybridized carbons (Fsp3) is 0.0526. The fourth-order valence-electron chi connectivity index (χ4n) is 6.43. The van der Waals surface area contributed by atoms with E-state index in [1.807, 2.05) is 0 Å². The molecule has 0 aliphatic rings. The molecule has 0 amide bonds. The van der Waals surface area contributed by atoms with Gasteiger partial charge >= 0.3 is 0 Å². The first-order chi connectivity index (χ1) is 28.1. The van der Waals surface area contributed by atoms with Gasteiger partial charge in [-0.3, -0.25) is 0 Å². The van der Waals surface area contributed by atoms with E-state index in [1.165, 1.54) is 10.5 Å². The highest BCUT2D eigenvalue weighted by atomic mass is 32.2. The van der Waals surface area contributed by atoms with Crippen LogP contribution in [-0.2, 0) is 16.6 Å². The van der Waals surface area contributed by atoms with Gasteiger partial charge in [0.1, 0.15) is 64.7 Å². The molecule has 0 aliphatic carbocycles. The quantitative estimate of drug-likeness (QED) is 0.0493. The largest absolute Gasteiger partial charge is 0.207 e. The van der Waals surface area contributed by atoms with Gasteiger partial charge in [-0.2, -0.15) is 0 Å². The maximum absolute atomic E-state index is 15.4. The molecule has 6 aromatic carbocycles. The third-order valence-electron chi connectivity index (χ3n) is 9.08. The Labute approximate surface area is 326 Å². The van der Waals surface area contributed by atoms with E-state index < -0.39 is 144 Å². The molecule has 6 rings (SSSR count). The van der Waals surface area contributed by atoms with Crippen molar-refractivity contribution in [3.05, 3.63) is 183 Å². The average Bonchev–Trinajstić information content (AvgIpc) is 3.24. The summed E-state index contributed by atoms with van der Waals surface area (Å²) >= 11 is 0. The lowest BCUT2D eigenvalue weighted by atomic mass is 9.12. The number of halogens is 20. The van der Waals surface area contributed by atoms with Crippen molar-refractivity contribution in [3.63, 3.8) is 0 Å². The van der Waals surface area contributed by atoms with Gasteiger partial charge in [-0.05, 0) is 12.1 Å². The summed E-state index contributed by atoms with van der Waals surface area (Å²) < 4.78 is 294. The molecule has 0 heterocycles. The summed E-state index contributed by atoms with van der Waals surface area (Å²) in [6.45, 7) is 0. The number of benzene rings is 6. The van der Waals surface area contributed by atoms with E-state index in [0.29, 0.717) is 10.9 Å². The average molecular weight is 894 g/mol. The van der Waals surface area contributed by atoms with E-state index in [1.54, 1.807) is 0 Å². The molecule has 1 atom stereocenters. The Balaban J connectivity index is 0.000000379. The van der Waals surface area contributed by atoms with Gasteiger partial charge in [0.15, 0.2) is 74.7 Å². The van der Waals surface area contributed by atoms with Gasteiger partial charge in [-0.15, -0.1) is 21.9 Å². The van der Waals surface area contributed by atoms with Crippen molar-refractivity contribution in [2.24, 2.45) is 0 Å². The highest BCUT2D eigenvalue weighted by molar-refractivity contribution is 7.95. The first-order valence-corrected chi connectivity index (χ1v) is 17.8. The van der Waals surface area contributed by atoms with E-state index in [0.717, 1.165) is 5.75 Å². The van der Waals surface area contributed by atoms with Crippen LogP contribution < -0.4 is 21.9 Å². The first kappa shape index (κ1) is 45.4. The molecular weight excluding hydrogens is 879 g/mol. The van der Waals surface area contributed by atoms with Crippen molar-refractivity contribution in [1.82, 2.24) is 0 Å². The minimum atomic E-state index is -7.22. The van der Waals surface area contributed by atoms with Crippen LogP contribution in [-0.4, -0.2) is 12.4 Å². The number of hydrogen-bond donors (Lipinski definition) is 0. The molecule has 22 heteroatoms. The van der Waals surface area contributed by atoms with Crippen LogP contribution in [0.1, 0.15) is 5.56 Å². The van der Waals surface area contributed by atoms with E-state index in [-0.39, 0.29) is 0 Å². The smallest absolute Gasteiger partial charge is 0.200 e. The van der Waals surface area contributed by atoms with Crippen LogP contribution >= 0.6 is 0 Å². The zero-order valence-electron chi connectivity index (χ0n) is 29.0. The maximum atomic E-state index is 15.4. The lowest BCUT2D eigenvalue weighted by Crippen LogP contribution is -2.81. The molecule has 0 aromatic heterocycles. The molecule has 1 unspecified atom stereocenters. The minimum absolute atomic E-state index is 0.316. The molecule has 6 aromatic rings. The van der Waals surface area contributed by atoms with Crippen LogP contribution in [0.15, 0.2) is 65.6 Å². The summed E-state index contributed by atoms with van der Waals surface area (Å²) in [7, 11) is 0.316. The first-order valence-electron chi connectivity index (χ1n) is 16.0. The normalized spacial score (nSPS) is 12.1. The predicted molar refractivity (Wildman–Crippen MR) is 177 cm³/mol. The third-order valence-corrected chi connectivity index (χ3v) is 10.9. The van der Waals surface area contributed by atoms with Gasteiger partial charge in [0.2, 0.25) is 0 Å². The molecule has 0 saturated heterocycles. The van der Waals surface area contributed by atoms with Gasteiger partial charge in [-0.1, -0.05) is 48.5 Å². The van der Waals surface area contributed by atoms with Crippen molar-refractivity contribution >= 4 is 38.9 Å². The van der Waals surface area contributed by atoms with Crippen LogP contribution in [0, 0.1) is 116 Å². The summed E-state index contributed by atoms with van der Waals surface area (Å²) in [6.07, 6.45) is -4.91. The second kappa shape index (κ2) is 17.1. The Kier molecular flexibility index (Phi) is 13.0. The third kappa shape index (κ3) is 7.21. The molecule has 0 radical (unpaired) electrons. The number of hydrogen-bond acceptors (Lipinski definition) is 0. The van der Waals surface area contributed by atoms with Gasteiger partial charge < -0.3 is 0 Å². The van der Waals surface area contributed by atoms with Gasteiger partial charge in [0.05, 0.1) is 0 Å². The second-order valence-electron chi connectivity index (χ2n) is 12.4. The molecular formula is C38H15BF20S. The van der Waals surface area contributed by atoms with Crippen LogP contribution in [0.25, 0.3) is 0 Å². The summed E-state index contributed by atoms with van der Waals surface area (Å²) in [6, 6.07) is 21.4. The Bertz CT molecular complexity index is 2260. The summed E-state index contributed by atoms with van der Waals surface area (Å²) in [5.41, 5.74) is -12.9. The lowest BCUT2D eigenvalue weighted by Gasteiger charge is -2.44. The Morgan fingerprint density at radius 2 is 0.500 bits per heavy atom. The Morgan fingerprint density at radius 1 is 0.300 bits per heavy atom. The van der Waals surface area contributed by atoms with E-state index >= 15 is 35.1 Å². The monoisotopic (exact) mass is 894 g/mol. The molecule has 60 heavy (non-hydrogen) atoms. The van der Waals surface area contributed by atoms with Crippen molar-refractivity contribution in [1.29, 1.82) is 0 Å². The van der Waals surface area contributed by atoms with E-state index in [9.17, 15) is 52.7 Å². The summed E-state index contributed by atoms with van der Waals surface area (Å²) in [4.78, 5) is 1.45. The van der Waals surface area contributed by atoms with Crippen molar-refractivity contribution in [2.45, 2.75) is 10.6 Å². The van der Waals surface area contributed by atoms with Crippen molar-refractivity contribution < 1.29 is 87.8 Å². The van der Waals surface area contributed by atoms with Gasteiger partial charge in [0, 0.05) is 16.5 Å². The highest BCUT2D eigenvalue weighted by Crippen LogP contribution is 2.31. The Morgan fingerprint density at radius 3 is 0.733 bits per heavy atom. The van der Waals surface area contributed by atoms with Gasteiger partial charge in [-0.25, -0.2) is 87.8 Å². The zero-order chi connectivity index (χ0) is 44.9. The van der Waals surface area contributed by atoms with E-state index in [2.05, 4.69) is 66.9 Å². The molecule has 0 spiro atoms. The second-order valence-corrected chi connectivity index (χ2v) is 14.4. The SMILES string of the molecule is C[S+](Cc1ccccc1)c1ccccc1.Fc1c(F)c(F)c([B-](c2c(F)c(F)c(F)c(F)c2F)(c2c(F)c(F)c(F)c(F)c2F)c2c(F)c(F)c(F)c(F)c2F)c(F)c1F.